The fourth-order valence-electron chi connectivity index (χ4n) is 1.95. The van der Waals surface area contributed by atoms with E-state index in [-0.39, 0.29) is 13.0 Å². The smallest absolute Gasteiger partial charge is 0.408 e. The average molecular weight is 372 g/mol. The highest BCUT2D eigenvalue weighted by atomic mass is 32.2. The fraction of sp³-hybridized carbons (Fsp3) is 0.500. The SMILES string of the molecule is CC(C)(C)NS(=O)(=O)CCC(NC(=O)OCc1ccccc1)C(=O)O. The molecule has 0 fully saturated rings. The second-order valence-corrected chi connectivity index (χ2v) is 8.40. The molecular weight excluding hydrogens is 348 g/mol. The molecule has 25 heavy (non-hydrogen) atoms. The lowest BCUT2D eigenvalue weighted by Crippen LogP contribution is -2.45. The first-order chi connectivity index (χ1) is 11.5. The van der Waals surface area contributed by atoms with Crippen molar-refractivity contribution < 1.29 is 27.9 Å². The minimum Gasteiger partial charge on any atom is -0.480 e. The Balaban J connectivity index is 2.54. The number of hydrogen-bond acceptors (Lipinski definition) is 5. The van der Waals surface area contributed by atoms with Gasteiger partial charge in [0.15, 0.2) is 0 Å². The first-order valence-corrected chi connectivity index (χ1v) is 9.35. The van der Waals surface area contributed by atoms with E-state index >= 15 is 0 Å². The van der Waals surface area contributed by atoms with Gasteiger partial charge in [0.05, 0.1) is 5.75 Å². The van der Waals surface area contributed by atoms with E-state index in [0.717, 1.165) is 5.56 Å². The third-order valence-electron chi connectivity index (χ3n) is 2.94. The van der Waals surface area contributed by atoms with E-state index < -0.39 is 39.4 Å². The Morgan fingerprint density at radius 1 is 1.20 bits per heavy atom. The number of carbonyl (C=O) groups excluding carboxylic acids is 1. The third kappa shape index (κ3) is 9.06. The molecule has 0 aliphatic rings. The van der Waals surface area contributed by atoms with Gasteiger partial charge >= 0.3 is 12.1 Å². The summed E-state index contributed by atoms with van der Waals surface area (Å²) >= 11 is 0. The van der Waals surface area contributed by atoms with E-state index in [2.05, 4.69) is 10.0 Å². The summed E-state index contributed by atoms with van der Waals surface area (Å²) in [7, 11) is -3.66. The zero-order valence-corrected chi connectivity index (χ0v) is 15.3. The van der Waals surface area contributed by atoms with Crippen LogP contribution in [0.1, 0.15) is 32.8 Å². The summed E-state index contributed by atoms with van der Waals surface area (Å²) in [6.45, 7) is 5.03. The van der Waals surface area contributed by atoms with Crippen molar-refractivity contribution in [2.24, 2.45) is 0 Å². The van der Waals surface area contributed by atoms with Crippen LogP contribution < -0.4 is 10.0 Å². The predicted octanol–water partition coefficient (Wildman–Crippen LogP) is 1.47. The monoisotopic (exact) mass is 372 g/mol. The van der Waals surface area contributed by atoms with Crippen LogP contribution in [-0.2, 0) is 26.2 Å². The van der Waals surface area contributed by atoms with Crippen LogP contribution in [0.15, 0.2) is 30.3 Å². The third-order valence-corrected chi connectivity index (χ3v) is 4.64. The molecule has 1 atom stereocenters. The van der Waals surface area contributed by atoms with Gasteiger partial charge in [-0.05, 0) is 32.8 Å². The highest BCUT2D eigenvalue weighted by molar-refractivity contribution is 7.89. The van der Waals surface area contributed by atoms with Gasteiger partial charge in [0.25, 0.3) is 0 Å². The average Bonchev–Trinajstić information content (AvgIpc) is 2.47. The van der Waals surface area contributed by atoms with E-state index in [9.17, 15) is 18.0 Å². The van der Waals surface area contributed by atoms with E-state index in [1.165, 1.54) is 0 Å². The normalized spacial score (nSPS) is 13.1. The van der Waals surface area contributed by atoms with Crippen LogP contribution in [0.5, 0.6) is 0 Å². The second kappa shape index (κ2) is 8.82. The lowest BCUT2D eigenvalue weighted by atomic mass is 10.1. The minimum absolute atomic E-state index is 0.0110. The first kappa shape index (κ1) is 20.9. The number of hydrogen-bond donors (Lipinski definition) is 3. The van der Waals surface area contributed by atoms with Crippen molar-refractivity contribution in [3.05, 3.63) is 35.9 Å². The lowest BCUT2D eigenvalue weighted by Gasteiger charge is -2.21. The van der Waals surface area contributed by atoms with Gasteiger partial charge in [-0.25, -0.2) is 22.7 Å². The zero-order valence-electron chi connectivity index (χ0n) is 14.5. The number of carboxylic acid groups (broad SMARTS) is 1. The number of amides is 1. The molecule has 0 aliphatic heterocycles. The van der Waals surface area contributed by atoms with Crippen LogP contribution in [0, 0.1) is 0 Å². The van der Waals surface area contributed by atoms with Crippen LogP contribution in [0.3, 0.4) is 0 Å². The Labute approximate surface area is 147 Å². The highest BCUT2D eigenvalue weighted by Crippen LogP contribution is 2.06. The maximum Gasteiger partial charge on any atom is 0.408 e. The number of rotatable bonds is 8. The van der Waals surface area contributed by atoms with E-state index in [1.54, 1.807) is 45.0 Å². The Kier molecular flexibility index (Phi) is 7.38. The summed E-state index contributed by atoms with van der Waals surface area (Å²) in [5.41, 5.74) is 0.0843. The first-order valence-electron chi connectivity index (χ1n) is 7.70. The molecule has 1 aromatic carbocycles. The summed E-state index contributed by atoms with van der Waals surface area (Å²) < 4.78 is 31.2. The van der Waals surface area contributed by atoms with Gasteiger partial charge in [0, 0.05) is 5.54 Å². The molecule has 0 spiro atoms. The molecule has 0 aliphatic carbocycles. The van der Waals surface area contributed by atoms with Gasteiger partial charge in [-0.3, -0.25) is 0 Å². The predicted molar refractivity (Wildman–Crippen MR) is 92.5 cm³/mol. The Morgan fingerprint density at radius 2 is 1.80 bits per heavy atom. The molecule has 0 saturated carbocycles. The van der Waals surface area contributed by atoms with Gasteiger partial charge in [-0.1, -0.05) is 30.3 Å². The highest BCUT2D eigenvalue weighted by Gasteiger charge is 2.26. The van der Waals surface area contributed by atoms with Crippen LogP contribution in [0.2, 0.25) is 0 Å². The van der Waals surface area contributed by atoms with Crippen molar-refractivity contribution in [2.45, 2.75) is 45.4 Å². The maximum atomic E-state index is 11.9. The molecular formula is C16H24N2O6S. The quantitative estimate of drug-likeness (QED) is 0.635. The fourth-order valence-corrected chi connectivity index (χ4v) is 3.54. The number of benzene rings is 1. The number of alkyl carbamates (subject to hydrolysis) is 1. The summed E-state index contributed by atoms with van der Waals surface area (Å²) in [6.07, 6.45) is -1.20. The second-order valence-electron chi connectivity index (χ2n) is 6.56. The van der Waals surface area contributed by atoms with Gasteiger partial charge in [-0.2, -0.15) is 0 Å². The number of carbonyl (C=O) groups is 2. The molecule has 0 radical (unpaired) electrons. The van der Waals surface area contributed by atoms with Crippen molar-refractivity contribution >= 4 is 22.1 Å². The minimum atomic E-state index is -3.66. The van der Waals surface area contributed by atoms with E-state index in [1.807, 2.05) is 6.07 Å². The Hall–Kier alpha value is -2.13. The van der Waals surface area contributed by atoms with Crippen molar-refractivity contribution in [3.63, 3.8) is 0 Å². The van der Waals surface area contributed by atoms with E-state index in [4.69, 9.17) is 9.84 Å². The van der Waals surface area contributed by atoms with Gasteiger partial charge in [0.1, 0.15) is 12.6 Å². The summed E-state index contributed by atoms with van der Waals surface area (Å²) in [6, 6.07) is 7.53. The maximum absolute atomic E-state index is 11.9. The number of ether oxygens (including phenoxy) is 1. The van der Waals surface area contributed by atoms with Gasteiger partial charge in [-0.15, -0.1) is 0 Å². The Bertz CT molecular complexity index is 682. The molecule has 1 aromatic rings. The molecule has 0 bridgehead atoms. The largest absolute Gasteiger partial charge is 0.480 e. The van der Waals surface area contributed by atoms with Crippen LogP contribution in [-0.4, -0.2) is 42.9 Å². The van der Waals surface area contributed by atoms with Crippen molar-refractivity contribution in [2.75, 3.05) is 5.75 Å². The zero-order chi connectivity index (χ0) is 19.1. The Morgan fingerprint density at radius 3 is 2.32 bits per heavy atom. The van der Waals surface area contributed by atoms with Crippen molar-refractivity contribution in [1.29, 1.82) is 0 Å². The molecule has 3 N–H and O–H groups in total. The standard InChI is InChI=1S/C16H24N2O6S/c1-16(2,3)18-25(22,23)10-9-13(14(19)20)17-15(21)24-11-12-7-5-4-6-8-12/h4-8,13,18H,9-11H2,1-3H3,(H,17,21)(H,19,20). The molecule has 1 unspecified atom stereocenters. The molecule has 8 nitrogen and oxygen atoms in total. The van der Waals surface area contributed by atoms with Crippen LogP contribution in [0.4, 0.5) is 4.79 Å². The topological polar surface area (TPSA) is 122 Å². The summed E-state index contributed by atoms with van der Waals surface area (Å²) in [5, 5.41) is 11.3. The van der Waals surface area contributed by atoms with Crippen LogP contribution in [0.25, 0.3) is 0 Å². The molecule has 0 saturated heterocycles. The van der Waals surface area contributed by atoms with E-state index in [0.29, 0.717) is 0 Å². The summed E-state index contributed by atoms with van der Waals surface area (Å²) in [4.78, 5) is 22.9. The van der Waals surface area contributed by atoms with Gasteiger partial charge < -0.3 is 15.2 Å². The number of aliphatic carboxylic acids is 1. The lowest BCUT2D eigenvalue weighted by molar-refractivity contribution is -0.139. The molecule has 1 rings (SSSR count). The number of carboxylic acids is 1. The summed E-state index contributed by atoms with van der Waals surface area (Å²) in [5.74, 6) is -1.76. The van der Waals surface area contributed by atoms with Gasteiger partial charge in [0.2, 0.25) is 10.0 Å². The van der Waals surface area contributed by atoms with Crippen molar-refractivity contribution in [3.8, 4) is 0 Å². The van der Waals surface area contributed by atoms with Crippen molar-refractivity contribution in [1.82, 2.24) is 10.0 Å². The molecule has 0 heterocycles. The number of nitrogens with one attached hydrogen (secondary N) is 2. The molecule has 0 aromatic heterocycles. The van der Waals surface area contributed by atoms with Crippen LogP contribution >= 0.6 is 0 Å². The molecule has 1 amide bonds. The molecule has 9 heteroatoms. The molecule has 140 valence electrons. The number of sulfonamides is 1.